The normalized spacial score (nSPS) is 42.6. The van der Waals surface area contributed by atoms with Crippen LogP contribution < -0.4 is 5.32 Å². The van der Waals surface area contributed by atoms with Gasteiger partial charge in [0.05, 0.1) is 12.2 Å². The van der Waals surface area contributed by atoms with Gasteiger partial charge < -0.3 is 10.1 Å². The molecule has 0 saturated heterocycles. The van der Waals surface area contributed by atoms with Gasteiger partial charge in [-0.3, -0.25) is 0 Å². The predicted octanol–water partition coefficient (Wildman–Crippen LogP) is 4.38. The van der Waals surface area contributed by atoms with Gasteiger partial charge in [-0.15, -0.1) is 0 Å². The Bertz CT molecular complexity index is 281. The number of hydrogen-bond donors (Lipinski definition) is 1. The Morgan fingerprint density at radius 3 is 2.50 bits per heavy atom. The van der Waals surface area contributed by atoms with Gasteiger partial charge in [-0.05, 0) is 56.4 Å². The van der Waals surface area contributed by atoms with Crippen LogP contribution in [-0.4, -0.2) is 24.8 Å². The van der Waals surface area contributed by atoms with E-state index in [0.29, 0.717) is 24.2 Å². The summed E-state index contributed by atoms with van der Waals surface area (Å²) in [6.45, 7) is 10.6. The first-order valence-corrected chi connectivity index (χ1v) is 8.99. The minimum absolute atomic E-state index is 0.438. The van der Waals surface area contributed by atoms with Crippen LogP contribution in [-0.2, 0) is 4.74 Å². The van der Waals surface area contributed by atoms with Crippen molar-refractivity contribution in [2.24, 2.45) is 17.8 Å². The fourth-order valence-electron chi connectivity index (χ4n) is 4.31. The SMILES string of the molecule is CCCNC1CC(C)CC(C)C1OC1CCCC(C)C1. The van der Waals surface area contributed by atoms with Gasteiger partial charge in [-0.2, -0.15) is 0 Å². The second-order valence-electron chi connectivity index (χ2n) is 7.61. The van der Waals surface area contributed by atoms with Gasteiger partial charge in [-0.1, -0.05) is 40.5 Å². The van der Waals surface area contributed by atoms with Crippen molar-refractivity contribution in [3.63, 3.8) is 0 Å². The molecule has 2 saturated carbocycles. The average molecular weight is 281 g/mol. The zero-order valence-electron chi connectivity index (χ0n) is 14.0. The molecule has 0 radical (unpaired) electrons. The molecule has 0 spiro atoms. The van der Waals surface area contributed by atoms with E-state index in [4.69, 9.17) is 4.74 Å². The van der Waals surface area contributed by atoms with Gasteiger partial charge in [0.25, 0.3) is 0 Å². The molecule has 2 aliphatic carbocycles. The van der Waals surface area contributed by atoms with Crippen molar-refractivity contribution in [1.29, 1.82) is 0 Å². The summed E-state index contributed by atoms with van der Waals surface area (Å²) >= 11 is 0. The third kappa shape index (κ3) is 4.46. The summed E-state index contributed by atoms with van der Waals surface area (Å²) in [4.78, 5) is 0. The molecule has 2 heteroatoms. The fourth-order valence-corrected chi connectivity index (χ4v) is 4.31. The van der Waals surface area contributed by atoms with Gasteiger partial charge in [0.15, 0.2) is 0 Å². The number of rotatable bonds is 5. The van der Waals surface area contributed by atoms with Crippen LogP contribution in [0.4, 0.5) is 0 Å². The summed E-state index contributed by atoms with van der Waals surface area (Å²) in [5.41, 5.74) is 0. The lowest BCUT2D eigenvalue weighted by atomic mass is 9.77. The van der Waals surface area contributed by atoms with Crippen LogP contribution in [0, 0.1) is 17.8 Å². The third-order valence-electron chi connectivity index (χ3n) is 5.28. The zero-order valence-corrected chi connectivity index (χ0v) is 14.0. The second-order valence-corrected chi connectivity index (χ2v) is 7.61. The Morgan fingerprint density at radius 2 is 1.80 bits per heavy atom. The molecule has 2 nitrogen and oxygen atoms in total. The highest BCUT2D eigenvalue weighted by molar-refractivity contribution is 4.90. The van der Waals surface area contributed by atoms with E-state index in [9.17, 15) is 0 Å². The van der Waals surface area contributed by atoms with E-state index in [-0.39, 0.29) is 0 Å². The zero-order chi connectivity index (χ0) is 14.5. The van der Waals surface area contributed by atoms with Crippen LogP contribution in [0.15, 0.2) is 0 Å². The van der Waals surface area contributed by atoms with Crippen molar-refractivity contribution in [2.45, 2.75) is 90.9 Å². The van der Waals surface area contributed by atoms with Crippen molar-refractivity contribution in [3.05, 3.63) is 0 Å². The Morgan fingerprint density at radius 1 is 1.00 bits per heavy atom. The van der Waals surface area contributed by atoms with Gasteiger partial charge >= 0.3 is 0 Å². The van der Waals surface area contributed by atoms with E-state index in [1.807, 2.05) is 0 Å². The molecule has 1 N–H and O–H groups in total. The van der Waals surface area contributed by atoms with Crippen molar-refractivity contribution in [3.8, 4) is 0 Å². The Hall–Kier alpha value is -0.0800. The molecule has 0 aromatic carbocycles. The first-order chi connectivity index (χ1) is 9.60. The molecule has 6 atom stereocenters. The lowest BCUT2D eigenvalue weighted by Crippen LogP contribution is -2.51. The van der Waals surface area contributed by atoms with Crippen molar-refractivity contribution in [1.82, 2.24) is 5.32 Å². The Labute approximate surface area is 126 Å². The average Bonchev–Trinajstić information content (AvgIpc) is 2.40. The molecular formula is C18H35NO. The van der Waals surface area contributed by atoms with Gasteiger partial charge in [0.2, 0.25) is 0 Å². The molecule has 2 fully saturated rings. The topological polar surface area (TPSA) is 21.3 Å². The van der Waals surface area contributed by atoms with Crippen LogP contribution in [0.25, 0.3) is 0 Å². The molecule has 0 bridgehead atoms. The quantitative estimate of drug-likeness (QED) is 0.807. The molecule has 0 aliphatic heterocycles. The maximum atomic E-state index is 6.61. The molecule has 20 heavy (non-hydrogen) atoms. The van der Waals surface area contributed by atoms with Crippen molar-refractivity contribution >= 4 is 0 Å². The van der Waals surface area contributed by atoms with E-state index in [2.05, 4.69) is 33.0 Å². The molecule has 6 unspecified atom stereocenters. The molecule has 2 rings (SSSR count). The lowest BCUT2D eigenvalue weighted by molar-refractivity contribution is -0.0956. The van der Waals surface area contributed by atoms with Crippen LogP contribution >= 0.6 is 0 Å². The van der Waals surface area contributed by atoms with Gasteiger partial charge in [0.1, 0.15) is 0 Å². The van der Waals surface area contributed by atoms with Crippen molar-refractivity contribution < 1.29 is 4.74 Å². The molecule has 118 valence electrons. The smallest absolute Gasteiger partial charge is 0.0757 e. The maximum absolute atomic E-state index is 6.61. The van der Waals surface area contributed by atoms with E-state index in [0.717, 1.165) is 18.4 Å². The summed E-state index contributed by atoms with van der Waals surface area (Å²) in [6, 6.07) is 0.575. The number of nitrogens with one attached hydrogen (secondary N) is 1. The first kappa shape index (κ1) is 16.3. The first-order valence-electron chi connectivity index (χ1n) is 8.99. The van der Waals surface area contributed by atoms with Crippen LogP contribution in [0.2, 0.25) is 0 Å². The number of ether oxygens (including phenoxy) is 1. The van der Waals surface area contributed by atoms with Crippen LogP contribution in [0.1, 0.15) is 72.6 Å². The Balaban J connectivity index is 1.93. The maximum Gasteiger partial charge on any atom is 0.0757 e. The van der Waals surface area contributed by atoms with Crippen LogP contribution in [0.3, 0.4) is 0 Å². The molecule has 0 heterocycles. The standard InChI is InChI=1S/C18H35NO/c1-5-9-19-17-12-14(3)10-15(4)18(17)20-16-8-6-7-13(2)11-16/h13-19H,5-12H2,1-4H3. The third-order valence-corrected chi connectivity index (χ3v) is 5.28. The fraction of sp³-hybridized carbons (Fsp3) is 1.00. The summed E-state index contributed by atoms with van der Waals surface area (Å²) in [5.74, 6) is 2.39. The highest BCUT2D eigenvalue weighted by Gasteiger charge is 2.36. The largest absolute Gasteiger partial charge is 0.373 e. The Kier molecular flexibility index (Phi) is 6.35. The highest BCUT2D eigenvalue weighted by atomic mass is 16.5. The monoisotopic (exact) mass is 281 g/mol. The number of hydrogen-bond acceptors (Lipinski definition) is 2. The van der Waals surface area contributed by atoms with Crippen LogP contribution in [0.5, 0.6) is 0 Å². The van der Waals surface area contributed by atoms with E-state index < -0.39 is 0 Å². The van der Waals surface area contributed by atoms with E-state index in [1.54, 1.807) is 0 Å². The highest BCUT2D eigenvalue weighted by Crippen LogP contribution is 2.34. The summed E-state index contributed by atoms with van der Waals surface area (Å²) in [5, 5.41) is 3.76. The van der Waals surface area contributed by atoms with Gasteiger partial charge in [-0.25, -0.2) is 0 Å². The summed E-state index contributed by atoms with van der Waals surface area (Å²) in [7, 11) is 0. The second kappa shape index (κ2) is 7.79. The predicted molar refractivity (Wildman–Crippen MR) is 85.9 cm³/mol. The van der Waals surface area contributed by atoms with E-state index in [1.165, 1.54) is 44.9 Å². The molecular weight excluding hydrogens is 246 g/mol. The summed E-state index contributed by atoms with van der Waals surface area (Å²) in [6.07, 6.45) is 10.1. The lowest BCUT2D eigenvalue weighted by Gasteiger charge is -2.42. The van der Waals surface area contributed by atoms with Crippen molar-refractivity contribution in [2.75, 3.05) is 6.54 Å². The van der Waals surface area contributed by atoms with Gasteiger partial charge in [0, 0.05) is 6.04 Å². The minimum atomic E-state index is 0.438. The molecule has 2 aliphatic rings. The molecule has 0 aromatic rings. The minimum Gasteiger partial charge on any atom is -0.373 e. The molecule has 0 aromatic heterocycles. The summed E-state index contributed by atoms with van der Waals surface area (Å²) < 4.78 is 6.61. The van der Waals surface area contributed by atoms with E-state index >= 15 is 0 Å². The molecule has 0 amide bonds.